The van der Waals surface area contributed by atoms with Crippen molar-refractivity contribution in [3.63, 3.8) is 0 Å². The first-order valence-corrected chi connectivity index (χ1v) is 6.85. The molecule has 21 heavy (non-hydrogen) atoms. The molecule has 0 saturated carbocycles. The van der Waals surface area contributed by atoms with Crippen LogP contribution in [0.1, 0.15) is 0 Å². The lowest BCUT2D eigenvalue weighted by Crippen LogP contribution is -2.36. The third-order valence-electron chi connectivity index (χ3n) is 3.06. The summed E-state index contributed by atoms with van der Waals surface area (Å²) in [6.45, 7) is 2.86. The van der Waals surface area contributed by atoms with Crippen LogP contribution in [0.25, 0.3) is 0 Å². The van der Waals surface area contributed by atoms with E-state index >= 15 is 0 Å². The van der Waals surface area contributed by atoms with E-state index < -0.39 is 5.82 Å². The highest BCUT2D eigenvalue weighted by Gasteiger charge is 2.13. The second-order valence-electron chi connectivity index (χ2n) is 4.49. The first kappa shape index (κ1) is 14.0. The lowest BCUT2D eigenvalue weighted by Gasteiger charge is -2.27. The fourth-order valence-corrected chi connectivity index (χ4v) is 2.18. The van der Waals surface area contributed by atoms with Crippen LogP contribution in [0.4, 0.5) is 21.8 Å². The van der Waals surface area contributed by atoms with Gasteiger partial charge in [0.15, 0.2) is 5.82 Å². The monoisotopic (exact) mass is 309 g/mol. The zero-order valence-electron chi connectivity index (χ0n) is 11.1. The molecule has 1 aromatic heterocycles. The summed E-state index contributed by atoms with van der Waals surface area (Å²) in [7, 11) is 0. The van der Waals surface area contributed by atoms with Gasteiger partial charge in [0.1, 0.15) is 5.82 Å². The Hall–Kier alpha value is -1.99. The van der Waals surface area contributed by atoms with E-state index in [-0.39, 0.29) is 5.02 Å². The topological polar surface area (TPSA) is 63.2 Å². The van der Waals surface area contributed by atoms with E-state index in [9.17, 15) is 4.39 Å². The SMILES string of the molecule is Fc1ccc(Nc2nncc(N3CCOCC3)n2)cc1Cl. The summed E-state index contributed by atoms with van der Waals surface area (Å²) < 4.78 is 18.4. The molecule has 0 radical (unpaired) electrons. The summed E-state index contributed by atoms with van der Waals surface area (Å²) in [5.41, 5.74) is 0.599. The highest BCUT2D eigenvalue weighted by atomic mass is 35.5. The van der Waals surface area contributed by atoms with Crippen molar-refractivity contribution in [2.75, 3.05) is 36.5 Å². The molecule has 0 aliphatic carbocycles. The third-order valence-corrected chi connectivity index (χ3v) is 3.35. The summed E-state index contributed by atoms with van der Waals surface area (Å²) in [6.07, 6.45) is 1.61. The third kappa shape index (κ3) is 3.37. The van der Waals surface area contributed by atoms with Gasteiger partial charge in [-0.15, -0.1) is 5.10 Å². The molecule has 0 atom stereocenters. The molecule has 1 aromatic carbocycles. The summed E-state index contributed by atoms with van der Waals surface area (Å²) >= 11 is 5.74. The number of morpholine rings is 1. The maximum atomic E-state index is 13.1. The maximum absolute atomic E-state index is 13.1. The van der Waals surface area contributed by atoms with Gasteiger partial charge in [-0.2, -0.15) is 10.1 Å². The van der Waals surface area contributed by atoms with Gasteiger partial charge in [-0.3, -0.25) is 0 Å². The quantitative estimate of drug-likeness (QED) is 0.938. The van der Waals surface area contributed by atoms with Crippen molar-refractivity contribution >= 4 is 29.1 Å². The maximum Gasteiger partial charge on any atom is 0.249 e. The van der Waals surface area contributed by atoms with Crippen LogP contribution in [0.15, 0.2) is 24.4 Å². The summed E-state index contributed by atoms with van der Waals surface area (Å²) in [4.78, 5) is 6.46. The summed E-state index contributed by atoms with van der Waals surface area (Å²) in [5, 5.41) is 10.8. The number of anilines is 3. The Morgan fingerprint density at radius 2 is 2.10 bits per heavy atom. The number of hydrogen-bond acceptors (Lipinski definition) is 6. The second kappa shape index (κ2) is 6.19. The second-order valence-corrected chi connectivity index (χ2v) is 4.90. The fourth-order valence-electron chi connectivity index (χ4n) is 2.00. The molecule has 110 valence electrons. The van der Waals surface area contributed by atoms with Crippen molar-refractivity contribution in [3.05, 3.63) is 35.2 Å². The minimum Gasteiger partial charge on any atom is -0.378 e. The van der Waals surface area contributed by atoms with Gasteiger partial charge >= 0.3 is 0 Å². The van der Waals surface area contributed by atoms with E-state index in [4.69, 9.17) is 16.3 Å². The van der Waals surface area contributed by atoms with Crippen molar-refractivity contribution in [2.45, 2.75) is 0 Å². The minimum absolute atomic E-state index is 0.0392. The van der Waals surface area contributed by atoms with Crippen LogP contribution in [-0.4, -0.2) is 41.5 Å². The standard InChI is InChI=1S/C13H13ClFN5O/c14-10-7-9(1-2-11(10)15)17-13-18-12(8-16-19-13)20-3-5-21-6-4-20/h1-2,7-8H,3-6H2,(H,17,18,19). The van der Waals surface area contributed by atoms with E-state index in [1.807, 2.05) is 0 Å². The van der Waals surface area contributed by atoms with Crippen molar-refractivity contribution in [1.29, 1.82) is 0 Å². The number of benzene rings is 1. The van der Waals surface area contributed by atoms with E-state index in [0.717, 1.165) is 18.9 Å². The van der Waals surface area contributed by atoms with Crippen LogP contribution < -0.4 is 10.2 Å². The molecule has 1 N–H and O–H groups in total. The number of nitrogens with zero attached hydrogens (tertiary/aromatic N) is 4. The Kier molecular flexibility index (Phi) is 4.12. The highest BCUT2D eigenvalue weighted by molar-refractivity contribution is 6.31. The molecular weight excluding hydrogens is 297 g/mol. The molecule has 8 heteroatoms. The lowest BCUT2D eigenvalue weighted by atomic mass is 10.3. The van der Waals surface area contributed by atoms with Gasteiger partial charge in [-0.05, 0) is 18.2 Å². The van der Waals surface area contributed by atoms with Crippen molar-refractivity contribution < 1.29 is 9.13 Å². The number of aromatic nitrogens is 3. The zero-order chi connectivity index (χ0) is 14.7. The predicted octanol–water partition coefficient (Wildman–Crippen LogP) is 2.24. The van der Waals surface area contributed by atoms with Gasteiger partial charge in [0, 0.05) is 18.8 Å². The number of nitrogens with one attached hydrogen (secondary N) is 1. The molecule has 3 rings (SSSR count). The number of ether oxygens (including phenoxy) is 1. The van der Waals surface area contributed by atoms with E-state index in [1.54, 1.807) is 12.3 Å². The number of rotatable bonds is 3. The molecule has 2 aromatic rings. The molecule has 1 fully saturated rings. The lowest BCUT2D eigenvalue weighted by molar-refractivity contribution is 0.122. The van der Waals surface area contributed by atoms with Crippen LogP contribution in [0.3, 0.4) is 0 Å². The molecule has 1 saturated heterocycles. The predicted molar refractivity (Wildman–Crippen MR) is 77.6 cm³/mol. The van der Waals surface area contributed by atoms with Crippen molar-refractivity contribution in [2.24, 2.45) is 0 Å². The Balaban J connectivity index is 1.77. The van der Waals surface area contributed by atoms with Gasteiger partial charge in [-0.25, -0.2) is 4.39 Å². The molecule has 0 bridgehead atoms. The molecule has 1 aliphatic rings. The Morgan fingerprint density at radius 3 is 2.86 bits per heavy atom. The Morgan fingerprint density at radius 1 is 1.29 bits per heavy atom. The molecule has 0 spiro atoms. The first-order valence-electron chi connectivity index (χ1n) is 6.47. The molecule has 0 amide bonds. The molecular formula is C13H13ClFN5O. The van der Waals surface area contributed by atoms with Gasteiger partial charge in [0.25, 0.3) is 0 Å². The smallest absolute Gasteiger partial charge is 0.249 e. The zero-order valence-corrected chi connectivity index (χ0v) is 11.8. The average Bonchev–Trinajstić information content (AvgIpc) is 2.52. The van der Waals surface area contributed by atoms with Crippen LogP contribution in [-0.2, 0) is 4.74 Å². The molecule has 1 aliphatic heterocycles. The van der Waals surface area contributed by atoms with Crippen molar-refractivity contribution in [3.8, 4) is 0 Å². The van der Waals surface area contributed by atoms with E-state index in [1.165, 1.54) is 12.1 Å². The highest BCUT2D eigenvalue weighted by Crippen LogP contribution is 2.22. The van der Waals surface area contributed by atoms with Gasteiger partial charge < -0.3 is 15.0 Å². The van der Waals surface area contributed by atoms with Gasteiger partial charge in [0.2, 0.25) is 5.95 Å². The first-order chi connectivity index (χ1) is 10.2. The molecule has 0 unspecified atom stereocenters. The summed E-state index contributed by atoms with van der Waals surface area (Å²) in [5.74, 6) is 0.592. The largest absolute Gasteiger partial charge is 0.378 e. The summed E-state index contributed by atoms with van der Waals surface area (Å²) in [6, 6.07) is 4.32. The fraction of sp³-hybridized carbons (Fsp3) is 0.308. The molecule has 2 heterocycles. The van der Waals surface area contributed by atoms with E-state index in [2.05, 4.69) is 25.4 Å². The van der Waals surface area contributed by atoms with Crippen LogP contribution >= 0.6 is 11.6 Å². The van der Waals surface area contributed by atoms with Crippen LogP contribution in [0.5, 0.6) is 0 Å². The minimum atomic E-state index is -0.469. The Labute approximate surface area is 125 Å². The molecule has 6 nitrogen and oxygen atoms in total. The van der Waals surface area contributed by atoms with Gasteiger partial charge in [-0.1, -0.05) is 11.6 Å². The van der Waals surface area contributed by atoms with Gasteiger partial charge in [0.05, 0.1) is 24.4 Å². The van der Waals surface area contributed by atoms with Crippen LogP contribution in [0, 0.1) is 5.82 Å². The normalized spacial score (nSPS) is 15.0. The van der Waals surface area contributed by atoms with Crippen LogP contribution in [0.2, 0.25) is 5.02 Å². The van der Waals surface area contributed by atoms with E-state index in [0.29, 0.717) is 24.8 Å². The number of halogens is 2. The number of hydrogen-bond donors (Lipinski definition) is 1. The van der Waals surface area contributed by atoms with Crippen molar-refractivity contribution in [1.82, 2.24) is 15.2 Å². The Bertz CT molecular complexity index is 636. The average molecular weight is 310 g/mol.